The number of carbonyl (C=O) groups is 1. The highest BCUT2D eigenvalue weighted by Crippen LogP contribution is 2.48. The average Bonchev–Trinajstić information content (AvgIpc) is 2.61. The molecule has 0 radical (unpaired) electrons. The lowest BCUT2D eigenvalue weighted by Crippen LogP contribution is -2.36. The van der Waals surface area contributed by atoms with Gasteiger partial charge < -0.3 is 4.90 Å². The monoisotopic (exact) mass is 227 g/mol. The first-order valence-electron chi connectivity index (χ1n) is 5.96. The molecular weight excluding hydrogens is 206 g/mol. The van der Waals surface area contributed by atoms with Gasteiger partial charge in [-0.05, 0) is 30.9 Å². The number of rotatable bonds is 3. The third kappa shape index (κ3) is 2.32. The predicted octanol–water partition coefficient (Wildman–Crippen LogP) is 2.53. The summed E-state index contributed by atoms with van der Waals surface area (Å²) >= 11 is 1.78. The van der Waals surface area contributed by atoms with Crippen LogP contribution < -0.4 is 0 Å². The van der Waals surface area contributed by atoms with Gasteiger partial charge in [0.2, 0.25) is 5.91 Å². The van der Waals surface area contributed by atoms with E-state index in [2.05, 4.69) is 18.1 Å². The van der Waals surface area contributed by atoms with Crippen molar-refractivity contribution in [3.63, 3.8) is 0 Å². The molecule has 1 unspecified atom stereocenters. The summed E-state index contributed by atoms with van der Waals surface area (Å²) in [7, 11) is 0. The summed E-state index contributed by atoms with van der Waals surface area (Å²) in [5.41, 5.74) is 0.554. The molecule has 0 aromatic carbocycles. The van der Waals surface area contributed by atoms with E-state index in [0.717, 1.165) is 19.5 Å². The molecule has 86 valence electrons. The van der Waals surface area contributed by atoms with Crippen LogP contribution in [-0.2, 0) is 4.79 Å². The SMILES string of the molecule is CSC(C)CC(=O)N1CCC2(CCC2)C1. The number of likely N-dealkylation sites (tertiary alicyclic amines) is 1. The van der Waals surface area contributed by atoms with Crippen LogP contribution in [0.25, 0.3) is 0 Å². The zero-order chi connectivity index (χ0) is 10.9. The first kappa shape index (κ1) is 11.3. The first-order chi connectivity index (χ1) is 7.15. The van der Waals surface area contributed by atoms with Gasteiger partial charge in [0, 0.05) is 24.8 Å². The summed E-state index contributed by atoms with van der Waals surface area (Å²) in [5.74, 6) is 0.376. The van der Waals surface area contributed by atoms with Crippen LogP contribution in [0.4, 0.5) is 0 Å². The molecule has 1 aliphatic carbocycles. The van der Waals surface area contributed by atoms with Crippen LogP contribution >= 0.6 is 11.8 Å². The van der Waals surface area contributed by atoms with Gasteiger partial charge in [-0.3, -0.25) is 4.79 Å². The second-order valence-electron chi connectivity index (χ2n) is 5.17. The van der Waals surface area contributed by atoms with Crippen LogP contribution in [0.2, 0.25) is 0 Å². The van der Waals surface area contributed by atoms with Crippen LogP contribution in [-0.4, -0.2) is 35.4 Å². The lowest BCUT2D eigenvalue weighted by molar-refractivity contribution is -0.130. The smallest absolute Gasteiger partial charge is 0.223 e. The number of hydrogen-bond donors (Lipinski definition) is 0. The van der Waals surface area contributed by atoms with Crippen LogP contribution in [0, 0.1) is 5.41 Å². The number of hydrogen-bond acceptors (Lipinski definition) is 2. The normalized spacial score (nSPS) is 25.3. The Kier molecular flexibility index (Phi) is 3.29. The molecule has 1 heterocycles. The maximum absolute atomic E-state index is 12.0. The maximum atomic E-state index is 12.0. The lowest BCUT2D eigenvalue weighted by atomic mass is 9.68. The number of carbonyl (C=O) groups excluding carboxylic acids is 1. The third-order valence-corrected chi connectivity index (χ3v) is 5.04. The molecule has 1 atom stereocenters. The highest BCUT2D eigenvalue weighted by molar-refractivity contribution is 7.99. The molecule has 3 heteroatoms. The van der Waals surface area contributed by atoms with E-state index >= 15 is 0 Å². The van der Waals surface area contributed by atoms with Gasteiger partial charge in [-0.2, -0.15) is 11.8 Å². The van der Waals surface area contributed by atoms with Crippen molar-refractivity contribution < 1.29 is 4.79 Å². The minimum atomic E-state index is 0.376. The largest absolute Gasteiger partial charge is 0.342 e. The summed E-state index contributed by atoms with van der Waals surface area (Å²) in [6.45, 7) is 4.20. The zero-order valence-corrected chi connectivity index (χ0v) is 10.6. The summed E-state index contributed by atoms with van der Waals surface area (Å²) in [6, 6.07) is 0. The minimum Gasteiger partial charge on any atom is -0.342 e. The Morgan fingerprint density at radius 2 is 2.20 bits per heavy atom. The van der Waals surface area contributed by atoms with Crippen molar-refractivity contribution in [3.8, 4) is 0 Å². The molecule has 2 fully saturated rings. The lowest BCUT2D eigenvalue weighted by Gasteiger charge is -2.38. The van der Waals surface area contributed by atoms with Crippen molar-refractivity contribution in [2.75, 3.05) is 19.3 Å². The van der Waals surface area contributed by atoms with E-state index in [1.54, 1.807) is 11.8 Å². The third-order valence-electron chi connectivity index (χ3n) is 4.07. The molecule has 0 bridgehead atoms. The Balaban J connectivity index is 1.82. The molecule has 0 N–H and O–H groups in total. The summed E-state index contributed by atoms with van der Waals surface area (Å²) in [5, 5.41) is 0.468. The van der Waals surface area contributed by atoms with E-state index in [1.807, 2.05) is 0 Å². The van der Waals surface area contributed by atoms with Crippen LogP contribution in [0.1, 0.15) is 39.0 Å². The Bertz CT molecular complexity index is 250. The van der Waals surface area contributed by atoms with Crippen molar-refractivity contribution in [1.29, 1.82) is 0 Å². The second kappa shape index (κ2) is 4.36. The number of amides is 1. The Labute approximate surface area is 96.8 Å². The number of nitrogens with zero attached hydrogens (tertiary/aromatic N) is 1. The van der Waals surface area contributed by atoms with Crippen LogP contribution in [0.5, 0.6) is 0 Å². The zero-order valence-electron chi connectivity index (χ0n) is 9.79. The molecule has 1 saturated carbocycles. The van der Waals surface area contributed by atoms with Crippen LogP contribution in [0.15, 0.2) is 0 Å². The summed E-state index contributed by atoms with van der Waals surface area (Å²) < 4.78 is 0. The van der Waals surface area contributed by atoms with Gasteiger partial charge >= 0.3 is 0 Å². The fourth-order valence-electron chi connectivity index (χ4n) is 2.69. The van der Waals surface area contributed by atoms with Crippen molar-refractivity contribution in [2.45, 2.75) is 44.3 Å². The van der Waals surface area contributed by atoms with Gasteiger partial charge in [0.15, 0.2) is 0 Å². The van der Waals surface area contributed by atoms with Gasteiger partial charge in [0.05, 0.1) is 0 Å². The molecule has 2 rings (SSSR count). The summed E-state index contributed by atoms with van der Waals surface area (Å²) in [6.07, 6.45) is 8.14. The van der Waals surface area contributed by atoms with E-state index in [9.17, 15) is 4.79 Å². The average molecular weight is 227 g/mol. The van der Waals surface area contributed by atoms with Gasteiger partial charge in [-0.15, -0.1) is 0 Å². The predicted molar refractivity (Wildman–Crippen MR) is 65.1 cm³/mol. The quantitative estimate of drug-likeness (QED) is 0.738. The molecule has 1 saturated heterocycles. The van der Waals surface area contributed by atoms with E-state index in [-0.39, 0.29) is 0 Å². The molecule has 1 spiro atoms. The molecular formula is C12H21NOS. The second-order valence-corrected chi connectivity index (χ2v) is 6.45. The van der Waals surface area contributed by atoms with Gasteiger partial charge in [0.1, 0.15) is 0 Å². The van der Waals surface area contributed by atoms with Crippen molar-refractivity contribution in [2.24, 2.45) is 5.41 Å². The van der Waals surface area contributed by atoms with E-state index in [0.29, 0.717) is 16.6 Å². The highest BCUT2D eigenvalue weighted by Gasteiger charge is 2.43. The molecule has 1 aliphatic heterocycles. The van der Waals surface area contributed by atoms with Gasteiger partial charge in [-0.25, -0.2) is 0 Å². The minimum absolute atomic E-state index is 0.376. The standard InChI is InChI=1S/C12H21NOS/c1-10(15-2)8-11(14)13-7-6-12(9-13)4-3-5-12/h10H,3-9H2,1-2H3. The molecule has 2 aliphatic rings. The fourth-order valence-corrected chi connectivity index (χ4v) is 3.00. The molecule has 1 amide bonds. The maximum Gasteiger partial charge on any atom is 0.223 e. The van der Waals surface area contributed by atoms with E-state index < -0.39 is 0 Å². The Hall–Kier alpha value is -0.180. The van der Waals surface area contributed by atoms with E-state index in [4.69, 9.17) is 0 Å². The van der Waals surface area contributed by atoms with Gasteiger partial charge in [-0.1, -0.05) is 13.3 Å². The summed E-state index contributed by atoms with van der Waals surface area (Å²) in [4.78, 5) is 14.1. The van der Waals surface area contributed by atoms with Crippen molar-refractivity contribution >= 4 is 17.7 Å². The molecule has 0 aromatic rings. The Morgan fingerprint density at radius 1 is 1.47 bits per heavy atom. The van der Waals surface area contributed by atoms with Crippen molar-refractivity contribution in [3.05, 3.63) is 0 Å². The van der Waals surface area contributed by atoms with Crippen molar-refractivity contribution in [1.82, 2.24) is 4.90 Å². The van der Waals surface area contributed by atoms with Gasteiger partial charge in [0.25, 0.3) is 0 Å². The van der Waals surface area contributed by atoms with E-state index in [1.165, 1.54) is 25.7 Å². The fraction of sp³-hybridized carbons (Fsp3) is 0.917. The van der Waals surface area contributed by atoms with Crippen LogP contribution in [0.3, 0.4) is 0 Å². The number of thioether (sulfide) groups is 1. The Morgan fingerprint density at radius 3 is 2.67 bits per heavy atom. The molecule has 2 nitrogen and oxygen atoms in total. The first-order valence-corrected chi connectivity index (χ1v) is 7.25. The molecule has 15 heavy (non-hydrogen) atoms. The molecule has 0 aromatic heterocycles. The topological polar surface area (TPSA) is 20.3 Å². The highest BCUT2D eigenvalue weighted by atomic mass is 32.2.